The molecule has 0 bridgehead atoms. The highest BCUT2D eigenvalue weighted by Crippen LogP contribution is 2.42. The second kappa shape index (κ2) is 10.9. The fraction of sp³-hybridized carbons (Fsp3) is 0.276. The van der Waals surface area contributed by atoms with Gasteiger partial charge in [0.05, 0.1) is 17.6 Å². The summed E-state index contributed by atoms with van der Waals surface area (Å²) in [5.41, 5.74) is -5.18. The molecule has 44 heavy (non-hydrogen) atoms. The zero-order chi connectivity index (χ0) is 32.2. The number of anilines is 1. The molecule has 2 aliphatic heterocycles. The van der Waals surface area contributed by atoms with Gasteiger partial charge in [0.15, 0.2) is 11.6 Å². The number of nitrogens with one attached hydrogen (secondary N) is 1. The van der Waals surface area contributed by atoms with Crippen molar-refractivity contribution < 1.29 is 49.8 Å². The van der Waals surface area contributed by atoms with E-state index in [0.717, 1.165) is 29.3 Å². The van der Waals surface area contributed by atoms with E-state index in [9.17, 15) is 49.8 Å². The van der Waals surface area contributed by atoms with Gasteiger partial charge in [-0.2, -0.15) is 26.3 Å². The molecule has 2 N–H and O–H groups in total. The molecule has 5 rings (SSSR count). The van der Waals surface area contributed by atoms with Crippen molar-refractivity contribution in [1.29, 1.82) is 0 Å². The molecule has 1 saturated heterocycles. The summed E-state index contributed by atoms with van der Waals surface area (Å²) in [6, 6.07) is 6.52. The first kappa shape index (κ1) is 30.9. The van der Waals surface area contributed by atoms with Crippen LogP contribution in [0.3, 0.4) is 0 Å². The Bertz CT molecular complexity index is 1670. The molecule has 1 aromatic heterocycles. The lowest BCUT2D eigenvalue weighted by molar-refractivity contribution is -0.160. The number of hydrogen-bond donors (Lipinski definition) is 2. The van der Waals surface area contributed by atoms with E-state index in [4.69, 9.17) is 0 Å². The van der Waals surface area contributed by atoms with E-state index in [-0.39, 0.29) is 35.5 Å². The summed E-state index contributed by atoms with van der Waals surface area (Å²) in [5.74, 6) is -5.12. The van der Waals surface area contributed by atoms with E-state index in [1.54, 1.807) is 6.92 Å². The highest BCUT2D eigenvalue weighted by Gasteiger charge is 2.52. The zero-order valence-electron chi connectivity index (χ0n) is 22.7. The molecule has 3 heterocycles. The topological polar surface area (TPSA) is 85.8 Å². The van der Waals surface area contributed by atoms with Crippen LogP contribution in [-0.4, -0.2) is 44.0 Å². The third-order valence-electron chi connectivity index (χ3n) is 7.59. The predicted octanol–water partition coefficient (Wildman–Crippen LogP) is 6.63. The number of hydrazine groups is 1. The van der Waals surface area contributed by atoms with Crippen molar-refractivity contribution >= 4 is 17.5 Å². The Kier molecular flexibility index (Phi) is 7.64. The van der Waals surface area contributed by atoms with Crippen LogP contribution in [0, 0.1) is 11.6 Å². The third-order valence-corrected chi connectivity index (χ3v) is 7.59. The minimum absolute atomic E-state index is 0.174. The molecule has 2 amide bonds. The quantitative estimate of drug-likeness (QED) is 0.246. The molecule has 15 heteroatoms. The van der Waals surface area contributed by atoms with Crippen LogP contribution < -0.4 is 5.32 Å². The van der Waals surface area contributed by atoms with Gasteiger partial charge in [-0.15, -0.1) is 0 Å². The summed E-state index contributed by atoms with van der Waals surface area (Å²) < 4.78 is 107. The lowest BCUT2D eigenvalue weighted by Gasteiger charge is -2.46. The maximum absolute atomic E-state index is 13.9. The Morgan fingerprint density at radius 1 is 1.00 bits per heavy atom. The SMILES string of the molecule is C[C@]12CCCN1N(Cc1ccc(F)c(F)c1)C(=O)C(C(=O)Nc1ccc(C(F)(F)F)cc1-c1ccc(C(F)(F)F)nc1)=C2O. The molecule has 0 aliphatic carbocycles. The van der Waals surface area contributed by atoms with Gasteiger partial charge in [-0.3, -0.25) is 19.6 Å². The number of benzene rings is 2. The van der Waals surface area contributed by atoms with Crippen LogP contribution in [-0.2, 0) is 28.5 Å². The highest BCUT2D eigenvalue weighted by atomic mass is 19.4. The van der Waals surface area contributed by atoms with Gasteiger partial charge < -0.3 is 10.4 Å². The van der Waals surface area contributed by atoms with E-state index in [1.807, 2.05) is 0 Å². The van der Waals surface area contributed by atoms with Crippen LogP contribution >= 0.6 is 0 Å². The van der Waals surface area contributed by atoms with Crippen molar-refractivity contribution in [3.63, 3.8) is 0 Å². The van der Waals surface area contributed by atoms with E-state index < -0.39 is 63.9 Å². The Morgan fingerprint density at radius 3 is 2.34 bits per heavy atom. The maximum atomic E-state index is 13.9. The smallest absolute Gasteiger partial charge is 0.433 e. The lowest BCUT2D eigenvalue weighted by atomic mass is 9.90. The first-order valence-electron chi connectivity index (χ1n) is 13.0. The van der Waals surface area contributed by atoms with Crippen molar-refractivity contribution in [3.8, 4) is 11.1 Å². The number of nitrogens with zero attached hydrogens (tertiary/aromatic N) is 3. The number of rotatable bonds is 5. The van der Waals surface area contributed by atoms with E-state index in [1.165, 1.54) is 11.1 Å². The highest BCUT2D eigenvalue weighted by molar-refractivity contribution is 6.24. The molecule has 2 aromatic carbocycles. The predicted molar refractivity (Wildman–Crippen MR) is 139 cm³/mol. The number of carbonyl (C=O) groups excluding carboxylic acids is 2. The van der Waals surface area contributed by atoms with E-state index >= 15 is 0 Å². The van der Waals surface area contributed by atoms with Crippen molar-refractivity contribution in [2.75, 3.05) is 11.9 Å². The number of halogens is 8. The van der Waals surface area contributed by atoms with Gasteiger partial charge in [0.1, 0.15) is 17.0 Å². The van der Waals surface area contributed by atoms with Crippen LogP contribution in [0.5, 0.6) is 0 Å². The fourth-order valence-corrected chi connectivity index (χ4v) is 5.33. The van der Waals surface area contributed by atoms with Gasteiger partial charge in [0.25, 0.3) is 11.8 Å². The number of alkyl halides is 6. The molecule has 1 atom stereocenters. The largest absolute Gasteiger partial charge is 0.509 e. The standard InChI is InChI=1S/C29H22F8N4O3/c1-27-9-2-10-41(27)40(14-15-3-6-19(30)20(31)11-15)26(44)23(24(27)42)25(43)39-21-7-5-17(28(32,33)34)12-18(21)16-4-8-22(38-13-16)29(35,36)37/h3-8,11-13,42H,2,9-10,14H2,1H3,(H,39,43)/t27-/m1/s1. The fourth-order valence-electron chi connectivity index (χ4n) is 5.33. The number of aliphatic hydroxyl groups is 1. The summed E-state index contributed by atoms with van der Waals surface area (Å²) in [6.45, 7) is 1.53. The molecule has 7 nitrogen and oxygen atoms in total. The molecule has 0 radical (unpaired) electrons. The number of carbonyl (C=O) groups is 2. The first-order valence-corrected chi connectivity index (χ1v) is 13.0. The molecule has 0 unspecified atom stereocenters. The van der Waals surface area contributed by atoms with Gasteiger partial charge in [0, 0.05) is 29.6 Å². The molecule has 3 aromatic rings. The molecule has 2 aliphatic rings. The van der Waals surface area contributed by atoms with Crippen LogP contribution in [0.15, 0.2) is 66.1 Å². The first-order chi connectivity index (χ1) is 20.5. The summed E-state index contributed by atoms with van der Waals surface area (Å²) in [6.07, 6.45) is -8.19. The van der Waals surface area contributed by atoms with Crippen LogP contribution in [0.2, 0.25) is 0 Å². The van der Waals surface area contributed by atoms with Crippen LogP contribution in [0.25, 0.3) is 11.1 Å². The van der Waals surface area contributed by atoms with Crippen LogP contribution in [0.4, 0.5) is 40.8 Å². The van der Waals surface area contributed by atoms with Gasteiger partial charge in [-0.1, -0.05) is 12.1 Å². The monoisotopic (exact) mass is 626 g/mol. The Balaban J connectivity index is 1.53. The van der Waals surface area contributed by atoms with E-state index in [0.29, 0.717) is 37.2 Å². The number of amides is 2. The lowest BCUT2D eigenvalue weighted by Crippen LogP contribution is -2.60. The van der Waals surface area contributed by atoms with E-state index in [2.05, 4.69) is 10.3 Å². The Hall–Kier alpha value is -4.53. The zero-order valence-corrected chi connectivity index (χ0v) is 22.7. The summed E-state index contributed by atoms with van der Waals surface area (Å²) in [5, 5.41) is 16.1. The van der Waals surface area contributed by atoms with Crippen molar-refractivity contribution in [2.45, 2.75) is 44.2 Å². The van der Waals surface area contributed by atoms with Crippen molar-refractivity contribution in [3.05, 3.63) is 94.5 Å². The number of aliphatic hydroxyl groups excluding tert-OH is 1. The molecule has 232 valence electrons. The van der Waals surface area contributed by atoms with Crippen LogP contribution in [0.1, 0.15) is 36.6 Å². The van der Waals surface area contributed by atoms with Gasteiger partial charge in [-0.05, 0) is 61.7 Å². The third kappa shape index (κ3) is 5.58. The Labute approximate surface area is 244 Å². The molecular formula is C29H22F8N4O3. The number of pyridine rings is 1. The normalized spacial score (nSPS) is 19.4. The Morgan fingerprint density at radius 2 is 1.73 bits per heavy atom. The second-order valence-corrected chi connectivity index (χ2v) is 10.5. The molecular weight excluding hydrogens is 604 g/mol. The maximum Gasteiger partial charge on any atom is 0.433 e. The van der Waals surface area contributed by atoms with Crippen molar-refractivity contribution in [1.82, 2.24) is 15.0 Å². The molecule has 0 spiro atoms. The molecule has 1 fully saturated rings. The van der Waals surface area contributed by atoms with Gasteiger partial charge in [0.2, 0.25) is 0 Å². The van der Waals surface area contributed by atoms with Crippen molar-refractivity contribution in [2.24, 2.45) is 0 Å². The minimum atomic E-state index is -4.85. The average Bonchev–Trinajstić information content (AvgIpc) is 3.35. The summed E-state index contributed by atoms with van der Waals surface area (Å²) >= 11 is 0. The molecule has 0 saturated carbocycles. The average molecular weight is 627 g/mol. The summed E-state index contributed by atoms with van der Waals surface area (Å²) in [4.78, 5) is 30.5. The number of aromatic nitrogens is 1. The summed E-state index contributed by atoms with van der Waals surface area (Å²) in [7, 11) is 0. The number of fused-ring (bicyclic) bond motifs is 1. The number of hydrogen-bond acceptors (Lipinski definition) is 5. The van der Waals surface area contributed by atoms with Gasteiger partial charge in [-0.25, -0.2) is 13.8 Å². The minimum Gasteiger partial charge on any atom is -0.509 e. The second-order valence-electron chi connectivity index (χ2n) is 10.5. The van der Waals surface area contributed by atoms with Gasteiger partial charge >= 0.3 is 12.4 Å².